The van der Waals surface area contributed by atoms with Crippen LogP contribution in [0.5, 0.6) is 0 Å². The number of aromatic nitrogens is 2. The summed E-state index contributed by atoms with van der Waals surface area (Å²) in [5.74, 6) is -0.257. The molecule has 7 heteroatoms. The van der Waals surface area contributed by atoms with Gasteiger partial charge in [0.05, 0.1) is 31.3 Å². The summed E-state index contributed by atoms with van der Waals surface area (Å²) in [7, 11) is 1.40. The SMILES string of the molecule is COC(=O)CCN1C(=S)N[C@@H](c2ccccn2)[C@H]1c1cccn1-c1ccccc1C. The lowest BCUT2D eigenvalue weighted by atomic mass is 10.0. The maximum absolute atomic E-state index is 11.8. The predicted molar refractivity (Wildman–Crippen MR) is 119 cm³/mol. The summed E-state index contributed by atoms with van der Waals surface area (Å²) in [5.41, 5.74) is 4.28. The van der Waals surface area contributed by atoms with Gasteiger partial charge in [0.15, 0.2) is 5.11 Å². The van der Waals surface area contributed by atoms with Crippen LogP contribution < -0.4 is 5.32 Å². The average Bonchev–Trinajstić information content (AvgIpc) is 3.37. The van der Waals surface area contributed by atoms with Gasteiger partial charge in [-0.05, 0) is 55.0 Å². The number of para-hydroxylation sites is 1. The lowest BCUT2D eigenvalue weighted by molar-refractivity contribution is -0.140. The minimum atomic E-state index is -0.257. The molecule has 1 aliphatic heterocycles. The molecule has 1 aliphatic rings. The highest BCUT2D eigenvalue weighted by Gasteiger charge is 2.41. The zero-order chi connectivity index (χ0) is 21.1. The van der Waals surface area contributed by atoms with Crippen LogP contribution in [0.25, 0.3) is 5.69 Å². The minimum Gasteiger partial charge on any atom is -0.469 e. The highest BCUT2D eigenvalue weighted by molar-refractivity contribution is 7.80. The number of methoxy groups -OCH3 is 1. The zero-order valence-corrected chi connectivity index (χ0v) is 17.8. The third-order valence-corrected chi connectivity index (χ3v) is 5.79. The van der Waals surface area contributed by atoms with Crippen molar-refractivity contribution in [3.05, 3.63) is 83.9 Å². The molecular formula is C23H24N4O2S. The van der Waals surface area contributed by atoms with Crippen LogP contribution in [0.15, 0.2) is 67.0 Å². The molecule has 0 unspecified atom stereocenters. The van der Waals surface area contributed by atoms with E-state index in [-0.39, 0.29) is 24.5 Å². The van der Waals surface area contributed by atoms with Gasteiger partial charge in [0.1, 0.15) is 0 Å². The Morgan fingerprint density at radius 3 is 2.70 bits per heavy atom. The van der Waals surface area contributed by atoms with Crippen molar-refractivity contribution in [1.82, 2.24) is 19.8 Å². The van der Waals surface area contributed by atoms with E-state index >= 15 is 0 Å². The molecule has 1 saturated heterocycles. The molecule has 0 amide bonds. The van der Waals surface area contributed by atoms with E-state index < -0.39 is 0 Å². The number of carbonyl (C=O) groups excluding carboxylic acids is 1. The quantitative estimate of drug-likeness (QED) is 0.485. The van der Waals surface area contributed by atoms with Crippen LogP contribution in [-0.4, -0.2) is 39.2 Å². The fourth-order valence-electron chi connectivity index (χ4n) is 3.97. The monoisotopic (exact) mass is 420 g/mol. The zero-order valence-electron chi connectivity index (χ0n) is 17.0. The van der Waals surface area contributed by atoms with Crippen molar-refractivity contribution in [3.63, 3.8) is 0 Å². The smallest absolute Gasteiger partial charge is 0.307 e. The largest absolute Gasteiger partial charge is 0.469 e. The van der Waals surface area contributed by atoms with Crippen molar-refractivity contribution in [1.29, 1.82) is 0 Å². The van der Waals surface area contributed by atoms with Gasteiger partial charge in [-0.3, -0.25) is 9.78 Å². The Labute approximate surface area is 181 Å². The number of hydrogen-bond acceptors (Lipinski definition) is 4. The Morgan fingerprint density at radius 1 is 1.17 bits per heavy atom. The second-order valence-corrected chi connectivity index (χ2v) is 7.62. The van der Waals surface area contributed by atoms with Crippen LogP contribution in [-0.2, 0) is 9.53 Å². The van der Waals surface area contributed by atoms with Crippen LogP contribution in [0.3, 0.4) is 0 Å². The van der Waals surface area contributed by atoms with Crippen LogP contribution in [0, 0.1) is 6.92 Å². The first-order valence-electron chi connectivity index (χ1n) is 9.88. The number of pyridine rings is 1. The molecule has 1 N–H and O–H groups in total. The van der Waals surface area contributed by atoms with E-state index in [1.165, 1.54) is 12.7 Å². The van der Waals surface area contributed by atoms with Crippen LogP contribution in [0.2, 0.25) is 0 Å². The van der Waals surface area contributed by atoms with Crippen LogP contribution in [0.1, 0.15) is 35.5 Å². The molecule has 30 heavy (non-hydrogen) atoms. The molecule has 0 aliphatic carbocycles. The van der Waals surface area contributed by atoms with Crippen molar-refractivity contribution in [3.8, 4) is 5.69 Å². The third kappa shape index (κ3) is 3.80. The molecule has 1 fully saturated rings. The van der Waals surface area contributed by atoms with Gasteiger partial charge in [-0.15, -0.1) is 0 Å². The van der Waals surface area contributed by atoms with Gasteiger partial charge in [-0.2, -0.15) is 0 Å². The topological polar surface area (TPSA) is 59.4 Å². The number of ether oxygens (including phenoxy) is 1. The molecule has 0 bridgehead atoms. The second kappa shape index (κ2) is 8.67. The molecule has 6 nitrogen and oxygen atoms in total. The fourth-order valence-corrected chi connectivity index (χ4v) is 4.30. The Balaban J connectivity index is 1.78. The maximum atomic E-state index is 11.8. The number of nitrogens with zero attached hydrogens (tertiary/aromatic N) is 3. The molecule has 1 aromatic carbocycles. The summed E-state index contributed by atoms with van der Waals surface area (Å²) in [4.78, 5) is 18.5. The van der Waals surface area contributed by atoms with Crippen LogP contribution >= 0.6 is 12.2 Å². The number of benzene rings is 1. The molecule has 3 heterocycles. The summed E-state index contributed by atoms with van der Waals surface area (Å²) >= 11 is 5.67. The van der Waals surface area contributed by atoms with Gasteiger partial charge < -0.3 is 19.5 Å². The Morgan fingerprint density at radius 2 is 1.97 bits per heavy atom. The van der Waals surface area contributed by atoms with E-state index in [9.17, 15) is 4.79 Å². The first-order valence-corrected chi connectivity index (χ1v) is 10.3. The van der Waals surface area contributed by atoms with E-state index in [1.807, 2.05) is 36.4 Å². The number of carbonyl (C=O) groups is 1. The molecule has 4 rings (SSSR count). The fraction of sp³-hybridized carbons (Fsp3) is 0.261. The molecule has 2 aromatic heterocycles. The van der Waals surface area contributed by atoms with Crippen molar-refractivity contribution < 1.29 is 9.53 Å². The van der Waals surface area contributed by atoms with Gasteiger partial charge in [0, 0.05) is 30.3 Å². The second-order valence-electron chi connectivity index (χ2n) is 7.24. The summed E-state index contributed by atoms with van der Waals surface area (Å²) in [5, 5.41) is 4.03. The summed E-state index contributed by atoms with van der Waals surface area (Å²) in [6, 6.07) is 18.0. The van der Waals surface area contributed by atoms with Crippen LogP contribution in [0.4, 0.5) is 0 Å². The Bertz CT molecular complexity index is 1050. The first-order chi connectivity index (χ1) is 14.6. The van der Waals surface area contributed by atoms with Crippen molar-refractivity contribution in [2.45, 2.75) is 25.4 Å². The van der Waals surface area contributed by atoms with E-state index in [0.717, 1.165) is 17.1 Å². The van der Waals surface area contributed by atoms with Gasteiger partial charge in [-0.25, -0.2) is 0 Å². The average molecular weight is 421 g/mol. The van der Waals surface area contributed by atoms with E-state index in [0.29, 0.717) is 11.7 Å². The van der Waals surface area contributed by atoms with E-state index in [4.69, 9.17) is 17.0 Å². The number of rotatable bonds is 6. The number of thiocarbonyl (C=S) groups is 1. The summed E-state index contributed by atoms with van der Waals surface area (Å²) in [6.07, 6.45) is 4.11. The molecule has 0 saturated carbocycles. The lowest BCUT2D eigenvalue weighted by Gasteiger charge is -2.29. The summed E-state index contributed by atoms with van der Waals surface area (Å²) < 4.78 is 7.04. The number of aryl methyl sites for hydroxylation is 1. The predicted octanol–water partition coefficient (Wildman–Crippen LogP) is 3.72. The molecule has 3 aromatic rings. The normalized spacial score (nSPS) is 18.3. The van der Waals surface area contributed by atoms with Crippen molar-refractivity contribution >= 4 is 23.3 Å². The maximum Gasteiger partial charge on any atom is 0.307 e. The van der Waals surface area contributed by atoms with Gasteiger partial charge in [0.2, 0.25) is 0 Å². The molecule has 154 valence electrons. The minimum absolute atomic E-state index is 0.119. The molecule has 2 atom stereocenters. The highest BCUT2D eigenvalue weighted by atomic mass is 32.1. The van der Waals surface area contributed by atoms with E-state index in [2.05, 4.69) is 51.1 Å². The molecule has 0 radical (unpaired) electrons. The van der Waals surface area contributed by atoms with Gasteiger partial charge >= 0.3 is 5.97 Å². The number of nitrogens with one attached hydrogen (secondary N) is 1. The molecule has 0 spiro atoms. The van der Waals surface area contributed by atoms with Crippen molar-refractivity contribution in [2.24, 2.45) is 0 Å². The van der Waals surface area contributed by atoms with E-state index in [1.54, 1.807) is 6.20 Å². The molecular weight excluding hydrogens is 396 g/mol. The Hall–Kier alpha value is -3.19. The number of esters is 1. The highest BCUT2D eigenvalue weighted by Crippen LogP contribution is 2.39. The Kier molecular flexibility index (Phi) is 5.81. The van der Waals surface area contributed by atoms with Gasteiger partial charge in [-0.1, -0.05) is 24.3 Å². The third-order valence-electron chi connectivity index (χ3n) is 5.44. The number of hydrogen-bond donors (Lipinski definition) is 1. The van der Waals surface area contributed by atoms with Gasteiger partial charge in [0.25, 0.3) is 0 Å². The summed E-state index contributed by atoms with van der Waals surface area (Å²) in [6.45, 7) is 2.56. The lowest BCUT2D eigenvalue weighted by Crippen LogP contribution is -2.32. The van der Waals surface area contributed by atoms with Crippen molar-refractivity contribution in [2.75, 3.05) is 13.7 Å². The standard InChI is InChI=1S/C23H24N4O2S/c1-16-8-3-4-10-18(16)26-14-7-11-19(26)22-21(17-9-5-6-13-24-17)25-23(30)27(22)15-12-20(28)29-2/h3-11,13-14,21-22H,12,15H2,1-2H3,(H,25,30)/t21-,22+/m0/s1. The first kappa shape index (κ1) is 20.1.